The van der Waals surface area contributed by atoms with Crippen molar-refractivity contribution in [2.75, 3.05) is 0 Å². The van der Waals surface area contributed by atoms with Crippen molar-refractivity contribution in [1.29, 1.82) is 0 Å². The van der Waals surface area contributed by atoms with E-state index in [0.29, 0.717) is 16.7 Å². The first kappa shape index (κ1) is 14.0. The zero-order valence-electron chi connectivity index (χ0n) is 13.3. The summed E-state index contributed by atoms with van der Waals surface area (Å²) < 4.78 is 24.9. The molecule has 0 aromatic heterocycles. The molecule has 5 rings (SSSR count). The molecule has 4 nitrogen and oxygen atoms in total. The molecule has 0 amide bonds. The molecule has 1 N–H and O–H groups in total. The molecule has 0 radical (unpaired) electrons. The van der Waals surface area contributed by atoms with Gasteiger partial charge in [0.15, 0.2) is 0 Å². The number of benzene rings is 1. The third-order valence-corrected chi connectivity index (χ3v) is 7.83. The predicted molar refractivity (Wildman–Crippen MR) is 88.3 cm³/mol. The second-order valence-electron chi connectivity index (χ2n) is 7.98. The average Bonchev–Trinajstić information content (AvgIpc) is 3.23. The topological polar surface area (TPSA) is 58.5 Å². The van der Waals surface area contributed by atoms with Crippen LogP contribution in [0.15, 0.2) is 34.3 Å². The quantitative estimate of drug-likeness (QED) is 0.866. The Hall–Kier alpha value is -1.36. The molecule has 4 fully saturated rings. The Bertz CT molecular complexity index is 778. The van der Waals surface area contributed by atoms with E-state index in [4.69, 9.17) is 0 Å². The lowest BCUT2D eigenvalue weighted by Crippen LogP contribution is -2.36. The van der Waals surface area contributed by atoms with Crippen LogP contribution in [-0.4, -0.2) is 14.1 Å². The van der Waals surface area contributed by atoms with E-state index in [1.54, 1.807) is 12.1 Å². The van der Waals surface area contributed by atoms with Crippen LogP contribution in [0.1, 0.15) is 31.2 Å². The number of hydrogen-bond acceptors (Lipinski definition) is 3. The Labute approximate surface area is 137 Å². The molecule has 122 valence electrons. The van der Waals surface area contributed by atoms with Crippen LogP contribution in [0.25, 0.3) is 0 Å². The maximum atomic E-state index is 12.5. The predicted octanol–water partition coefficient (Wildman–Crippen LogP) is 2.94. The molecule has 1 aromatic rings. The number of nitrogens with zero attached hydrogens (tertiary/aromatic N) is 1. The van der Waals surface area contributed by atoms with Crippen molar-refractivity contribution >= 4 is 15.7 Å². The third kappa shape index (κ3) is 2.09. The first-order valence-electron chi connectivity index (χ1n) is 8.69. The Morgan fingerprint density at radius 3 is 2.65 bits per heavy atom. The van der Waals surface area contributed by atoms with E-state index in [1.165, 1.54) is 25.7 Å². The van der Waals surface area contributed by atoms with Crippen LogP contribution in [0.3, 0.4) is 0 Å². The minimum Gasteiger partial charge on any atom is -0.200 e. The zero-order valence-corrected chi connectivity index (χ0v) is 14.1. The van der Waals surface area contributed by atoms with Crippen LogP contribution in [0, 0.1) is 42.4 Å². The number of rotatable bonds is 3. The van der Waals surface area contributed by atoms with Gasteiger partial charge in [0.25, 0.3) is 10.0 Å². The van der Waals surface area contributed by atoms with E-state index in [-0.39, 0.29) is 0 Å². The minimum atomic E-state index is -3.55. The van der Waals surface area contributed by atoms with Crippen molar-refractivity contribution in [2.45, 2.75) is 37.5 Å². The van der Waals surface area contributed by atoms with Gasteiger partial charge in [0.05, 0.1) is 4.90 Å². The summed E-state index contributed by atoms with van der Waals surface area (Å²) in [4.78, 5) is 2.82. The molecule has 23 heavy (non-hydrogen) atoms. The van der Waals surface area contributed by atoms with Gasteiger partial charge >= 0.3 is 0 Å². The highest BCUT2D eigenvalue weighted by atomic mass is 32.2. The maximum absolute atomic E-state index is 12.5. The van der Waals surface area contributed by atoms with Gasteiger partial charge in [-0.1, -0.05) is 17.7 Å². The molecule has 0 saturated heterocycles. The standard InChI is InChI=1S/C18H22N2O2S/c1-10-2-4-14(5-3-10)23(21,22)20-19-18-13-7-11-6-12(9-13)16-15(8-11)17(16)18/h2-5,11-13,15-17,20H,6-9H2,1H3/b19-18+. The fraction of sp³-hybridized carbons (Fsp3) is 0.611. The molecule has 6 unspecified atom stereocenters. The SMILES string of the molecule is Cc1ccc(S(=O)(=O)N/N=C2\C3CC4CC(C3)C3C(C4)C23)cc1. The molecule has 5 heteroatoms. The van der Waals surface area contributed by atoms with Gasteiger partial charge in [-0.2, -0.15) is 13.5 Å². The van der Waals surface area contributed by atoms with Crippen molar-refractivity contribution in [3.8, 4) is 0 Å². The Morgan fingerprint density at radius 1 is 1.09 bits per heavy atom. The number of aryl methyl sites for hydroxylation is 1. The third-order valence-electron chi connectivity index (χ3n) is 6.61. The Kier molecular flexibility index (Phi) is 2.80. The summed E-state index contributed by atoms with van der Waals surface area (Å²) in [5, 5.41) is 4.45. The number of fused-ring (bicyclic) bond motifs is 3. The van der Waals surface area contributed by atoms with Gasteiger partial charge in [-0.25, -0.2) is 4.83 Å². The Balaban J connectivity index is 1.41. The van der Waals surface area contributed by atoms with E-state index in [0.717, 1.165) is 34.9 Å². The van der Waals surface area contributed by atoms with Crippen LogP contribution < -0.4 is 4.83 Å². The molecule has 4 aliphatic carbocycles. The Morgan fingerprint density at radius 2 is 1.87 bits per heavy atom. The van der Waals surface area contributed by atoms with E-state index in [9.17, 15) is 8.42 Å². The summed E-state index contributed by atoms with van der Waals surface area (Å²) in [6.07, 6.45) is 5.23. The van der Waals surface area contributed by atoms with Gasteiger partial charge in [0.2, 0.25) is 0 Å². The summed E-state index contributed by atoms with van der Waals surface area (Å²) in [5.41, 5.74) is 2.21. The molecule has 0 aliphatic heterocycles. The molecular weight excluding hydrogens is 308 g/mol. The van der Waals surface area contributed by atoms with Crippen molar-refractivity contribution < 1.29 is 8.42 Å². The van der Waals surface area contributed by atoms with E-state index in [2.05, 4.69) is 9.93 Å². The number of hydrogen-bond donors (Lipinski definition) is 1. The molecule has 0 spiro atoms. The van der Waals surface area contributed by atoms with Gasteiger partial charge < -0.3 is 0 Å². The number of sulfonamides is 1. The largest absolute Gasteiger partial charge is 0.276 e. The fourth-order valence-electron chi connectivity index (χ4n) is 5.70. The highest BCUT2D eigenvalue weighted by Gasteiger charge is 2.65. The van der Waals surface area contributed by atoms with Crippen LogP contribution in [0.2, 0.25) is 0 Å². The van der Waals surface area contributed by atoms with Crippen LogP contribution >= 0.6 is 0 Å². The summed E-state index contributed by atoms with van der Waals surface area (Å²) in [6, 6.07) is 6.93. The molecule has 3 bridgehead atoms. The molecule has 6 atom stereocenters. The average molecular weight is 330 g/mol. The first-order valence-corrected chi connectivity index (χ1v) is 10.2. The molecule has 1 aromatic carbocycles. The lowest BCUT2D eigenvalue weighted by Gasteiger charge is -2.40. The van der Waals surface area contributed by atoms with E-state index in [1.807, 2.05) is 19.1 Å². The molecular formula is C18H22N2O2S. The summed E-state index contributed by atoms with van der Waals surface area (Å²) in [5.74, 6) is 4.47. The second kappa shape index (κ2) is 4.59. The maximum Gasteiger partial charge on any atom is 0.276 e. The van der Waals surface area contributed by atoms with Gasteiger partial charge in [0, 0.05) is 11.6 Å². The smallest absolute Gasteiger partial charge is 0.200 e. The first-order chi connectivity index (χ1) is 11.0. The fourth-order valence-corrected chi connectivity index (χ4v) is 6.53. The van der Waals surface area contributed by atoms with Crippen LogP contribution in [0.5, 0.6) is 0 Å². The van der Waals surface area contributed by atoms with E-state index < -0.39 is 10.0 Å². The number of hydrazone groups is 1. The van der Waals surface area contributed by atoms with Gasteiger partial charge in [0.1, 0.15) is 0 Å². The van der Waals surface area contributed by atoms with Crippen molar-refractivity contribution in [2.24, 2.45) is 40.6 Å². The number of nitrogens with one attached hydrogen (secondary N) is 1. The summed E-state index contributed by atoms with van der Waals surface area (Å²) >= 11 is 0. The van der Waals surface area contributed by atoms with Gasteiger partial charge in [-0.05, 0) is 74.3 Å². The van der Waals surface area contributed by atoms with Crippen LogP contribution in [-0.2, 0) is 10.0 Å². The van der Waals surface area contributed by atoms with Gasteiger partial charge in [-0.3, -0.25) is 0 Å². The second-order valence-corrected chi connectivity index (χ2v) is 9.64. The van der Waals surface area contributed by atoms with Crippen LogP contribution in [0.4, 0.5) is 0 Å². The summed E-state index contributed by atoms with van der Waals surface area (Å²) in [6.45, 7) is 1.95. The summed E-state index contributed by atoms with van der Waals surface area (Å²) in [7, 11) is -3.55. The minimum absolute atomic E-state index is 0.293. The molecule has 0 heterocycles. The zero-order chi connectivity index (χ0) is 15.8. The molecule has 4 aliphatic rings. The lowest BCUT2D eigenvalue weighted by molar-refractivity contribution is 0.149. The highest BCUT2D eigenvalue weighted by Crippen LogP contribution is 2.69. The highest BCUT2D eigenvalue weighted by molar-refractivity contribution is 7.89. The normalized spacial score (nSPS) is 41.9. The molecule has 4 saturated carbocycles. The van der Waals surface area contributed by atoms with E-state index >= 15 is 0 Å². The van der Waals surface area contributed by atoms with Crippen molar-refractivity contribution in [3.63, 3.8) is 0 Å². The lowest BCUT2D eigenvalue weighted by atomic mass is 9.65. The van der Waals surface area contributed by atoms with Gasteiger partial charge in [-0.15, -0.1) is 0 Å². The van der Waals surface area contributed by atoms with Crippen molar-refractivity contribution in [3.05, 3.63) is 29.8 Å². The van der Waals surface area contributed by atoms with Crippen molar-refractivity contribution in [1.82, 2.24) is 4.83 Å². The monoisotopic (exact) mass is 330 g/mol.